The van der Waals surface area contributed by atoms with Gasteiger partial charge in [0.05, 0.1) is 6.04 Å². The number of benzene rings is 2. The highest BCUT2D eigenvalue weighted by atomic mass is 16.2. The molecule has 0 aromatic heterocycles. The first kappa shape index (κ1) is 16.0. The first-order valence-electron chi connectivity index (χ1n) is 7.50. The first-order chi connectivity index (χ1) is 10.7. The van der Waals surface area contributed by atoms with Crippen LogP contribution in [0.3, 0.4) is 0 Å². The Kier molecular flexibility index (Phi) is 5.98. The van der Waals surface area contributed by atoms with E-state index in [1.54, 1.807) is 0 Å². The lowest BCUT2D eigenvalue weighted by Crippen LogP contribution is -2.44. The highest BCUT2D eigenvalue weighted by Gasteiger charge is 2.13. The fourth-order valence-electron chi connectivity index (χ4n) is 2.25. The molecule has 0 radical (unpaired) electrons. The number of nitrogens with two attached hydrogens (primary N) is 1. The van der Waals surface area contributed by atoms with Crippen molar-refractivity contribution in [2.45, 2.75) is 12.5 Å². The minimum Gasteiger partial charge on any atom is -0.373 e. The number of likely N-dealkylation sites (N-methyl/N-ethyl adjacent to an activating group) is 1. The van der Waals surface area contributed by atoms with E-state index in [2.05, 4.69) is 10.2 Å². The second-order valence-electron chi connectivity index (χ2n) is 5.34. The van der Waals surface area contributed by atoms with Gasteiger partial charge in [-0.1, -0.05) is 48.5 Å². The van der Waals surface area contributed by atoms with Gasteiger partial charge >= 0.3 is 0 Å². The van der Waals surface area contributed by atoms with Crippen LogP contribution in [0, 0.1) is 0 Å². The lowest BCUT2D eigenvalue weighted by molar-refractivity contribution is -0.122. The van der Waals surface area contributed by atoms with Crippen molar-refractivity contribution in [1.82, 2.24) is 5.32 Å². The lowest BCUT2D eigenvalue weighted by Gasteiger charge is -2.20. The fourth-order valence-corrected chi connectivity index (χ4v) is 2.25. The Hall–Kier alpha value is -2.33. The summed E-state index contributed by atoms with van der Waals surface area (Å²) in [5.74, 6) is -0.106. The van der Waals surface area contributed by atoms with Gasteiger partial charge in [0.25, 0.3) is 0 Å². The van der Waals surface area contributed by atoms with E-state index in [0.717, 1.165) is 17.8 Å². The van der Waals surface area contributed by atoms with Crippen molar-refractivity contribution >= 4 is 11.6 Å². The second-order valence-corrected chi connectivity index (χ2v) is 5.34. The summed E-state index contributed by atoms with van der Waals surface area (Å²) < 4.78 is 0. The second kappa shape index (κ2) is 8.20. The zero-order chi connectivity index (χ0) is 15.8. The smallest absolute Gasteiger partial charge is 0.237 e. The van der Waals surface area contributed by atoms with Gasteiger partial charge in [0.1, 0.15) is 0 Å². The normalized spacial score (nSPS) is 11.7. The predicted octanol–water partition coefficient (Wildman–Crippen LogP) is 1.81. The number of para-hydroxylation sites is 1. The number of amides is 1. The van der Waals surface area contributed by atoms with Gasteiger partial charge in [0, 0.05) is 25.8 Å². The molecular weight excluding hydrogens is 274 g/mol. The monoisotopic (exact) mass is 297 g/mol. The van der Waals surface area contributed by atoms with Crippen LogP contribution in [-0.4, -0.2) is 32.1 Å². The molecule has 4 nitrogen and oxygen atoms in total. The molecule has 0 saturated heterocycles. The van der Waals surface area contributed by atoms with Crippen molar-refractivity contribution in [3.05, 3.63) is 66.2 Å². The van der Waals surface area contributed by atoms with Crippen molar-refractivity contribution in [3.63, 3.8) is 0 Å². The maximum Gasteiger partial charge on any atom is 0.237 e. The molecule has 1 amide bonds. The van der Waals surface area contributed by atoms with Gasteiger partial charge in [0.15, 0.2) is 0 Å². The number of nitrogens with zero attached hydrogens (tertiary/aromatic N) is 1. The molecule has 3 N–H and O–H groups in total. The van der Waals surface area contributed by atoms with Gasteiger partial charge in [-0.15, -0.1) is 0 Å². The molecule has 4 heteroatoms. The molecule has 2 aromatic carbocycles. The van der Waals surface area contributed by atoms with Crippen LogP contribution in [0.1, 0.15) is 5.56 Å². The third-order valence-electron chi connectivity index (χ3n) is 3.58. The third kappa shape index (κ3) is 4.90. The standard InChI is InChI=1S/C18H23N3O/c1-21(16-10-6-3-7-11-16)13-12-20-18(22)17(19)14-15-8-4-2-5-9-15/h2-11,17H,12-14,19H2,1H3,(H,20,22)/t17-/m0/s1. The number of rotatable bonds is 7. The Morgan fingerprint density at radius 3 is 2.32 bits per heavy atom. The zero-order valence-corrected chi connectivity index (χ0v) is 12.9. The van der Waals surface area contributed by atoms with Gasteiger partial charge in [-0.2, -0.15) is 0 Å². The molecule has 0 aliphatic carbocycles. The van der Waals surface area contributed by atoms with Crippen LogP contribution >= 0.6 is 0 Å². The highest BCUT2D eigenvalue weighted by molar-refractivity contribution is 5.81. The Labute approximate surface area is 131 Å². The molecule has 0 heterocycles. The van der Waals surface area contributed by atoms with Crippen LogP contribution in [0.25, 0.3) is 0 Å². The van der Waals surface area contributed by atoms with Gasteiger partial charge in [-0.25, -0.2) is 0 Å². The Balaban J connectivity index is 1.73. The molecule has 0 aliphatic rings. The maximum absolute atomic E-state index is 12.0. The molecule has 0 saturated carbocycles. The van der Waals surface area contributed by atoms with Crippen molar-refractivity contribution in [2.75, 3.05) is 25.0 Å². The largest absolute Gasteiger partial charge is 0.373 e. The Bertz CT molecular complexity index is 571. The molecule has 0 unspecified atom stereocenters. The van der Waals surface area contributed by atoms with Crippen LogP contribution < -0.4 is 16.0 Å². The summed E-state index contributed by atoms with van der Waals surface area (Å²) in [7, 11) is 2.01. The van der Waals surface area contributed by atoms with Crippen LogP contribution in [0.2, 0.25) is 0 Å². The molecule has 0 bridgehead atoms. The lowest BCUT2D eigenvalue weighted by atomic mass is 10.1. The van der Waals surface area contributed by atoms with Gasteiger partial charge in [0.2, 0.25) is 5.91 Å². The van der Waals surface area contributed by atoms with E-state index in [1.807, 2.05) is 67.7 Å². The summed E-state index contributed by atoms with van der Waals surface area (Å²) in [5.41, 5.74) is 8.16. The van der Waals surface area contributed by atoms with E-state index in [0.29, 0.717) is 13.0 Å². The van der Waals surface area contributed by atoms with Gasteiger partial charge in [-0.3, -0.25) is 4.79 Å². The number of nitrogens with one attached hydrogen (secondary N) is 1. The number of hydrogen-bond acceptors (Lipinski definition) is 3. The van der Waals surface area contributed by atoms with Crippen molar-refractivity contribution in [2.24, 2.45) is 5.73 Å². The molecule has 22 heavy (non-hydrogen) atoms. The van der Waals surface area contributed by atoms with Crippen LogP contribution in [0.5, 0.6) is 0 Å². The average Bonchev–Trinajstić information content (AvgIpc) is 2.56. The summed E-state index contributed by atoms with van der Waals surface area (Å²) >= 11 is 0. The molecule has 0 spiro atoms. The third-order valence-corrected chi connectivity index (χ3v) is 3.58. The highest BCUT2D eigenvalue weighted by Crippen LogP contribution is 2.09. The van der Waals surface area contributed by atoms with Gasteiger partial charge < -0.3 is 16.0 Å². The topological polar surface area (TPSA) is 58.4 Å². The quantitative estimate of drug-likeness (QED) is 0.819. The van der Waals surface area contributed by atoms with Crippen LogP contribution in [0.15, 0.2) is 60.7 Å². The maximum atomic E-state index is 12.0. The Morgan fingerprint density at radius 2 is 1.68 bits per heavy atom. The minimum absolute atomic E-state index is 0.106. The SMILES string of the molecule is CN(CCNC(=O)[C@@H](N)Cc1ccccc1)c1ccccc1. The number of anilines is 1. The molecule has 2 rings (SSSR count). The number of hydrogen-bond donors (Lipinski definition) is 2. The number of carbonyl (C=O) groups is 1. The van der Waals surface area contributed by atoms with E-state index in [1.165, 1.54) is 0 Å². The van der Waals surface area contributed by atoms with Crippen molar-refractivity contribution in [3.8, 4) is 0 Å². The molecule has 1 atom stereocenters. The van der Waals surface area contributed by atoms with E-state index < -0.39 is 6.04 Å². The van der Waals surface area contributed by atoms with Crippen molar-refractivity contribution < 1.29 is 4.79 Å². The van der Waals surface area contributed by atoms with E-state index in [4.69, 9.17) is 5.73 Å². The first-order valence-corrected chi connectivity index (χ1v) is 7.50. The van der Waals surface area contributed by atoms with E-state index in [9.17, 15) is 4.79 Å². The fraction of sp³-hybridized carbons (Fsp3) is 0.278. The summed E-state index contributed by atoms with van der Waals surface area (Å²) in [4.78, 5) is 14.1. The zero-order valence-electron chi connectivity index (χ0n) is 12.9. The van der Waals surface area contributed by atoms with Gasteiger partial charge in [-0.05, 0) is 24.1 Å². The molecule has 116 valence electrons. The van der Waals surface area contributed by atoms with E-state index >= 15 is 0 Å². The minimum atomic E-state index is -0.510. The Morgan fingerprint density at radius 1 is 1.09 bits per heavy atom. The summed E-state index contributed by atoms with van der Waals surface area (Å²) in [6, 6.07) is 19.4. The molecule has 0 fully saturated rings. The van der Waals surface area contributed by atoms with Crippen molar-refractivity contribution in [1.29, 1.82) is 0 Å². The molecule has 2 aromatic rings. The van der Waals surface area contributed by atoms with Crippen LogP contribution in [-0.2, 0) is 11.2 Å². The molecule has 0 aliphatic heterocycles. The predicted molar refractivity (Wildman–Crippen MR) is 90.8 cm³/mol. The average molecular weight is 297 g/mol. The number of carbonyl (C=O) groups excluding carboxylic acids is 1. The summed E-state index contributed by atoms with van der Waals surface area (Å²) in [5, 5.41) is 2.90. The summed E-state index contributed by atoms with van der Waals surface area (Å²) in [6.07, 6.45) is 0.557. The summed E-state index contributed by atoms with van der Waals surface area (Å²) in [6.45, 7) is 1.32. The van der Waals surface area contributed by atoms with Crippen LogP contribution in [0.4, 0.5) is 5.69 Å². The molecular formula is C18H23N3O. The van der Waals surface area contributed by atoms with E-state index in [-0.39, 0.29) is 5.91 Å².